The Balaban J connectivity index is 1.44. The minimum Gasteiger partial charge on any atom is -0.270 e. The molecule has 0 saturated carbocycles. The number of para-hydroxylation sites is 1. The van der Waals surface area contributed by atoms with Gasteiger partial charge in [0, 0.05) is 38.8 Å². The second kappa shape index (κ2) is 11.7. The first-order valence-corrected chi connectivity index (χ1v) is 13.7. The minimum atomic E-state index is 0.550. The predicted molar refractivity (Wildman–Crippen MR) is 157 cm³/mol. The molecule has 0 radical (unpaired) electrons. The van der Waals surface area contributed by atoms with E-state index in [1.54, 1.807) is 42.2 Å². The Bertz CT molecular complexity index is 1550. The summed E-state index contributed by atoms with van der Waals surface area (Å²) in [5.74, 6) is 1.35. The number of halogens is 4. The third-order valence-electron chi connectivity index (χ3n) is 5.49. The van der Waals surface area contributed by atoms with Gasteiger partial charge in [-0.05, 0) is 66.2 Å². The van der Waals surface area contributed by atoms with Gasteiger partial charge in [-0.15, -0.1) is 10.2 Å². The molecule has 0 spiro atoms. The highest BCUT2D eigenvalue weighted by molar-refractivity contribution is 7.98. The van der Waals surface area contributed by atoms with Crippen LogP contribution in [0.3, 0.4) is 0 Å². The summed E-state index contributed by atoms with van der Waals surface area (Å²) in [4.78, 5) is 4.53. The lowest BCUT2D eigenvalue weighted by Gasteiger charge is -2.11. The molecule has 0 unspecified atom stereocenters. The van der Waals surface area contributed by atoms with Gasteiger partial charge in [-0.2, -0.15) is 0 Å². The molecular weight excluding hydrogens is 566 g/mol. The normalized spacial score (nSPS) is 11.4. The average Bonchev–Trinajstić information content (AvgIpc) is 3.33. The summed E-state index contributed by atoms with van der Waals surface area (Å²) >= 11 is 26.5. The fourth-order valence-electron chi connectivity index (χ4n) is 3.61. The van der Waals surface area contributed by atoms with Crippen molar-refractivity contribution in [1.82, 2.24) is 14.8 Å². The molecule has 4 nitrogen and oxygen atoms in total. The van der Waals surface area contributed by atoms with Crippen molar-refractivity contribution in [3.63, 3.8) is 0 Å². The van der Waals surface area contributed by atoms with E-state index in [-0.39, 0.29) is 0 Å². The maximum atomic E-state index is 6.38. The first-order valence-electron chi connectivity index (χ1n) is 11.2. The van der Waals surface area contributed by atoms with Gasteiger partial charge >= 0.3 is 0 Å². The Morgan fingerprint density at radius 1 is 0.757 bits per heavy atom. The number of benzene rings is 4. The van der Waals surface area contributed by atoms with Crippen molar-refractivity contribution in [3.8, 4) is 17.1 Å². The molecule has 0 amide bonds. The molecular formula is C28H18Cl4N4S. The summed E-state index contributed by atoms with van der Waals surface area (Å²) in [5.41, 5.74) is 4.28. The lowest BCUT2D eigenvalue weighted by Crippen LogP contribution is -1.99. The largest absolute Gasteiger partial charge is 0.270 e. The van der Waals surface area contributed by atoms with Gasteiger partial charge in [0.25, 0.3) is 0 Å². The molecule has 1 aromatic heterocycles. The summed E-state index contributed by atoms with van der Waals surface area (Å²) in [6, 6.07) is 28.6. The molecule has 184 valence electrons. The van der Waals surface area contributed by atoms with Crippen LogP contribution in [-0.4, -0.2) is 21.0 Å². The second-order valence-electron chi connectivity index (χ2n) is 7.94. The van der Waals surface area contributed by atoms with Gasteiger partial charge in [0.15, 0.2) is 11.0 Å². The Kier molecular flexibility index (Phi) is 8.18. The Labute approximate surface area is 238 Å². The summed E-state index contributed by atoms with van der Waals surface area (Å²) in [5, 5.41) is 12.1. The number of rotatable bonds is 7. The van der Waals surface area contributed by atoms with Crippen LogP contribution in [0.2, 0.25) is 20.1 Å². The van der Waals surface area contributed by atoms with Gasteiger partial charge in [-0.3, -0.25) is 9.56 Å². The van der Waals surface area contributed by atoms with Crippen molar-refractivity contribution < 1.29 is 0 Å². The van der Waals surface area contributed by atoms with Crippen molar-refractivity contribution in [2.24, 2.45) is 4.99 Å². The summed E-state index contributed by atoms with van der Waals surface area (Å²) in [6.07, 6.45) is 1.67. The Morgan fingerprint density at radius 3 is 2.19 bits per heavy atom. The molecule has 0 saturated heterocycles. The van der Waals surface area contributed by atoms with Crippen LogP contribution in [0.4, 0.5) is 5.69 Å². The summed E-state index contributed by atoms with van der Waals surface area (Å²) in [6.45, 7) is 0. The van der Waals surface area contributed by atoms with E-state index in [1.807, 2.05) is 71.3 Å². The zero-order chi connectivity index (χ0) is 25.8. The van der Waals surface area contributed by atoms with Crippen LogP contribution < -0.4 is 0 Å². The summed E-state index contributed by atoms with van der Waals surface area (Å²) < 4.78 is 2.04. The monoisotopic (exact) mass is 582 g/mol. The maximum absolute atomic E-state index is 6.38. The van der Waals surface area contributed by atoms with Crippen molar-refractivity contribution in [2.45, 2.75) is 10.9 Å². The van der Waals surface area contributed by atoms with Crippen LogP contribution in [0.25, 0.3) is 17.1 Å². The molecule has 0 bridgehead atoms. The molecule has 0 N–H and O–H groups in total. The molecule has 5 rings (SSSR count). The van der Waals surface area contributed by atoms with E-state index >= 15 is 0 Å². The van der Waals surface area contributed by atoms with Gasteiger partial charge in [0.2, 0.25) is 0 Å². The van der Waals surface area contributed by atoms with Crippen molar-refractivity contribution in [1.29, 1.82) is 0 Å². The molecule has 9 heteroatoms. The highest BCUT2D eigenvalue weighted by atomic mass is 35.5. The van der Waals surface area contributed by atoms with Crippen LogP contribution in [0.15, 0.2) is 101 Å². The first kappa shape index (κ1) is 25.8. The zero-order valence-electron chi connectivity index (χ0n) is 19.2. The quantitative estimate of drug-likeness (QED) is 0.141. The number of aliphatic imine (C=N–C) groups is 1. The Hall–Kier alpha value is -2.80. The van der Waals surface area contributed by atoms with Gasteiger partial charge < -0.3 is 0 Å². The lowest BCUT2D eigenvalue weighted by atomic mass is 10.2. The van der Waals surface area contributed by atoms with E-state index in [1.165, 1.54) is 0 Å². The molecule has 5 aromatic rings. The van der Waals surface area contributed by atoms with E-state index in [9.17, 15) is 0 Å². The van der Waals surface area contributed by atoms with Crippen molar-refractivity contribution in [3.05, 3.63) is 122 Å². The van der Waals surface area contributed by atoms with Gasteiger partial charge in [-0.1, -0.05) is 88.5 Å². The van der Waals surface area contributed by atoms with Gasteiger partial charge in [0.05, 0.1) is 15.7 Å². The number of hydrogen-bond donors (Lipinski definition) is 0. The van der Waals surface area contributed by atoms with Crippen LogP contribution in [0.5, 0.6) is 0 Å². The molecule has 0 fully saturated rings. The van der Waals surface area contributed by atoms with Crippen LogP contribution >= 0.6 is 58.2 Å². The summed E-state index contributed by atoms with van der Waals surface area (Å²) in [7, 11) is 0. The molecule has 37 heavy (non-hydrogen) atoms. The molecule has 4 aromatic carbocycles. The zero-order valence-corrected chi connectivity index (χ0v) is 23.0. The average molecular weight is 584 g/mol. The van der Waals surface area contributed by atoms with Crippen LogP contribution in [0.1, 0.15) is 11.1 Å². The third-order valence-corrected chi connectivity index (χ3v) is 7.71. The molecule has 1 heterocycles. The van der Waals surface area contributed by atoms with Crippen LogP contribution in [0, 0.1) is 0 Å². The highest BCUT2D eigenvalue weighted by Crippen LogP contribution is 2.33. The Morgan fingerprint density at radius 2 is 1.49 bits per heavy atom. The second-order valence-corrected chi connectivity index (χ2v) is 10.5. The third kappa shape index (κ3) is 6.03. The minimum absolute atomic E-state index is 0.550. The van der Waals surface area contributed by atoms with E-state index in [2.05, 4.69) is 15.2 Å². The fourth-order valence-corrected chi connectivity index (χ4v) is 5.62. The van der Waals surface area contributed by atoms with E-state index in [4.69, 9.17) is 46.4 Å². The van der Waals surface area contributed by atoms with Crippen LogP contribution in [-0.2, 0) is 5.75 Å². The molecule has 0 atom stereocenters. The topological polar surface area (TPSA) is 43.1 Å². The predicted octanol–water partition coefficient (Wildman–Crippen LogP) is 9.59. The van der Waals surface area contributed by atoms with E-state index in [0.29, 0.717) is 31.4 Å². The maximum Gasteiger partial charge on any atom is 0.196 e. The fraction of sp³-hybridized carbons (Fsp3) is 0.0357. The number of thioether (sulfide) groups is 1. The molecule has 0 aliphatic rings. The lowest BCUT2D eigenvalue weighted by molar-refractivity contribution is 0.886. The number of aromatic nitrogens is 3. The number of nitrogens with zero attached hydrogens (tertiary/aromatic N) is 4. The van der Waals surface area contributed by atoms with E-state index < -0.39 is 0 Å². The van der Waals surface area contributed by atoms with Crippen molar-refractivity contribution >= 4 is 70.1 Å². The van der Waals surface area contributed by atoms with Crippen molar-refractivity contribution in [2.75, 3.05) is 0 Å². The SMILES string of the molecule is Clc1ccc(CSc2nnc(-c3ccc(N=Cc4c(Cl)cccc4Cl)cc3)n2-c2ccccc2)c(Cl)c1. The molecule has 0 aliphatic heterocycles. The van der Waals surface area contributed by atoms with Gasteiger partial charge in [0.1, 0.15) is 0 Å². The highest BCUT2D eigenvalue weighted by Gasteiger charge is 2.17. The van der Waals surface area contributed by atoms with E-state index in [0.717, 1.165) is 33.5 Å². The van der Waals surface area contributed by atoms with Gasteiger partial charge in [-0.25, -0.2) is 0 Å². The first-order chi connectivity index (χ1) is 18.0. The molecule has 0 aliphatic carbocycles. The smallest absolute Gasteiger partial charge is 0.196 e. The number of hydrogen-bond acceptors (Lipinski definition) is 4. The standard InChI is InChI=1S/C28H18Cl4N4S/c29-20-12-9-19(26(32)15-20)17-37-28-35-34-27(36(28)22-5-2-1-3-6-22)18-10-13-21(14-11-18)33-16-23-24(30)7-4-8-25(23)31/h1-16H,17H2.